The van der Waals surface area contributed by atoms with Crippen LogP contribution in [0.2, 0.25) is 0 Å². The molecule has 2 atom stereocenters. The Bertz CT molecular complexity index is 190. The molecule has 2 unspecified atom stereocenters. The SMILES string of the molecule is C#CCC(=O)C1OCCC1C. The van der Waals surface area contributed by atoms with Gasteiger partial charge in [0.2, 0.25) is 0 Å². The highest BCUT2D eigenvalue weighted by Crippen LogP contribution is 2.21. The Labute approximate surface area is 66.9 Å². The Morgan fingerprint density at radius 2 is 2.55 bits per heavy atom. The molecule has 0 aromatic carbocycles. The topological polar surface area (TPSA) is 26.3 Å². The standard InChI is InChI=1S/C9H12O2/c1-3-4-8(10)9-7(2)5-6-11-9/h1,7,9H,4-6H2,2H3. The molecule has 2 nitrogen and oxygen atoms in total. The number of terminal acetylenes is 1. The van der Waals surface area contributed by atoms with E-state index < -0.39 is 0 Å². The minimum Gasteiger partial charge on any atom is -0.370 e. The van der Waals surface area contributed by atoms with Crippen molar-refractivity contribution in [2.24, 2.45) is 5.92 Å². The van der Waals surface area contributed by atoms with Crippen molar-refractivity contribution >= 4 is 5.78 Å². The average molecular weight is 152 g/mol. The summed E-state index contributed by atoms with van der Waals surface area (Å²) in [6.07, 6.45) is 5.96. The van der Waals surface area contributed by atoms with Gasteiger partial charge in [0, 0.05) is 6.61 Å². The van der Waals surface area contributed by atoms with Crippen molar-refractivity contribution in [2.45, 2.75) is 25.9 Å². The molecular weight excluding hydrogens is 140 g/mol. The number of rotatable bonds is 2. The van der Waals surface area contributed by atoms with Crippen molar-refractivity contribution in [3.63, 3.8) is 0 Å². The van der Waals surface area contributed by atoms with Crippen LogP contribution in [0.5, 0.6) is 0 Å². The summed E-state index contributed by atoms with van der Waals surface area (Å²) in [6, 6.07) is 0. The summed E-state index contributed by atoms with van der Waals surface area (Å²) in [6.45, 7) is 2.72. The normalized spacial score (nSPS) is 29.8. The van der Waals surface area contributed by atoms with Gasteiger partial charge >= 0.3 is 0 Å². The monoisotopic (exact) mass is 152 g/mol. The predicted octanol–water partition coefficient (Wildman–Crippen LogP) is 1.00. The summed E-state index contributed by atoms with van der Waals surface area (Å²) in [4.78, 5) is 11.2. The molecule has 1 fully saturated rings. The van der Waals surface area contributed by atoms with Gasteiger partial charge in [-0.2, -0.15) is 0 Å². The van der Waals surface area contributed by atoms with E-state index in [4.69, 9.17) is 11.2 Å². The van der Waals surface area contributed by atoms with Crippen LogP contribution in [0.4, 0.5) is 0 Å². The van der Waals surface area contributed by atoms with Gasteiger partial charge in [-0.1, -0.05) is 12.8 Å². The van der Waals surface area contributed by atoms with Crippen LogP contribution in [0.3, 0.4) is 0 Å². The first kappa shape index (κ1) is 8.29. The van der Waals surface area contributed by atoms with Crippen LogP contribution in [0.1, 0.15) is 19.8 Å². The second kappa shape index (κ2) is 3.54. The molecule has 2 heteroatoms. The first-order valence-electron chi connectivity index (χ1n) is 3.83. The summed E-state index contributed by atoms with van der Waals surface area (Å²) >= 11 is 0. The minimum absolute atomic E-state index is 0.0532. The lowest BCUT2D eigenvalue weighted by atomic mass is 9.99. The molecule has 0 aliphatic carbocycles. The molecule has 0 spiro atoms. The molecule has 0 amide bonds. The Hall–Kier alpha value is -0.810. The molecular formula is C9H12O2. The van der Waals surface area contributed by atoms with Crippen LogP contribution in [-0.4, -0.2) is 18.5 Å². The Balaban J connectivity index is 2.47. The zero-order valence-corrected chi connectivity index (χ0v) is 6.67. The second-order valence-corrected chi connectivity index (χ2v) is 2.90. The van der Waals surface area contributed by atoms with E-state index in [1.54, 1.807) is 0 Å². The van der Waals surface area contributed by atoms with Crippen LogP contribution in [0, 0.1) is 18.3 Å². The van der Waals surface area contributed by atoms with Crippen molar-refractivity contribution in [1.29, 1.82) is 0 Å². The minimum atomic E-state index is -0.231. The van der Waals surface area contributed by atoms with Crippen LogP contribution in [0.25, 0.3) is 0 Å². The highest BCUT2D eigenvalue weighted by Gasteiger charge is 2.29. The number of Topliss-reactive ketones (excluding diaryl/α,β-unsaturated/α-hetero) is 1. The Morgan fingerprint density at radius 1 is 1.82 bits per heavy atom. The molecule has 1 heterocycles. The lowest BCUT2D eigenvalue weighted by molar-refractivity contribution is -0.128. The molecule has 0 saturated carbocycles. The molecule has 0 N–H and O–H groups in total. The van der Waals surface area contributed by atoms with Crippen LogP contribution >= 0.6 is 0 Å². The van der Waals surface area contributed by atoms with Crippen molar-refractivity contribution in [3.8, 4) is 12.3 Å². The first-order chi connectivity index (χ1) is 5.25. The van der Waals surface area contributed by atoms with Crippen molar-refractivity contribution in [3.05, 3.63) is 0 Å². The molecule has 0 aromatic heterocycles. The number of ether oxygens (including phenoxy) is 1. The van der Waals surface area contributed by atoms with Gasteiger partial charge in [0.1, 0.15) is 6.10 Å². The fourth-order valence-corrected chi connectivity index (χ4v) is 1.31. The zero-order chi connectivity index (χ0) is 8.27. The fraction of sp³-hybridized carbons (Fsp3) is 0.667. The van der Waals surface area contributed by atoms with Gasteiger partial charge in [-0.05, 0) is 12.3 Å². The van der Waals surface area contributed by atoms with Gasteiger partial charge in [0.15, 0.2) is 5.78 Å². The van der Waals surface area contributed by atoms with Crippen LogP contribution < -0.4 is 0 Å². The van der Waals surface area contributed by atoms with Gasteiger partial charge < -0.3 is 4.74 Å². The summed E-state index contributed by atoms with van der Waals surface area (Å²) in [7, 11) is 0. The Morgan fingerprint density at radius 3 is 3.00 bits per heavy atom. The Kier molecular flexibility index (Phi) is 2.67. The van der Waals surface area contributed by atoms with Gasteiger partial charge in [0.25, 0.3) is 0 Å². The van der Waals surface area contributed by atoms with E-state index in [9.17, 15) is 4.79 Å². The molecule has 0 bridgehead atoms. The lowest BCUT2D eigenvalue weighted by Crippen LogP contribution is -2.24. The molecule has 60 valence electrons. The molecule has 1 saturated heterocycles. The van der Waals surface area contributed by atoms with Crippen molar-refractivity contribution in [1.82, 2.24) is 0 Å². The highest BCUT2D eigenvalue weighted by atomic mass is 16.5. The van der Waals surface area contributed by atoms with Gasteiger partial charge in [-0.25, -0.2) is 0 Å². The van der Waals surface area contributed by atoms with Crippen LogP contribution in [0.15, 0.2) is 0 Å². The third-order valence-corrected chi connectivity index (χ3v) is 1.98. The predicted molar refractivity (Wildman–Crippen MR) is 42.0 cm³/mol. The first-order valence-corrected chi connectivity index (χ1v) is 3.83. The zero-order valence-electron chi connectivity index (χ0n) is 6.67. The van der Waals surface area contributed by atoms with Gasteiger partial charge in [-0.3, -0.25) is 4.79 Å². The summed E-state index contributed by atoms with van der Waals surface area (Å²) in [5.74, 6) is 2.73. The third kappa shape index (κ3) is 1.81. The number of ketones is 1. The van der Waals surface area contributed by atoms with E-state index in [0.717, 1.165) is 6.42 Å². The molecule has 0 radical (unpaired) electrons. The fourth-order valence-electron chi connectivity index (χ4n) is 1.31. The average Bonchev–Trinajstić information content (AvgIpc) is 2.36. The van der Waals surface area contributed by atoms with Gasteiger partial charge in [-0.15, -0.1) is 6.42 Å². The van der Waals surface area contributed by atoms with E-state index in [-0.39, 0.29) is 18.3 Å². The van der Waals surface area contributed by atoms with Crippen molar-refractivity contribution in [2.75, 3.05) is 6.61 Å². The molecule has 11 heavy (non-hydrogen) atoms. The molecule has 1 aliphatic heterocycles. The summed E-state index contributed by atoms with van der Waals surface area (Å²) < 4.78 is 5.23. The van der Waals surface area contributed by atoms with E-state index >= 15 is 0 Å². The molecule has 1 aliphatic rings. The molecule has 0 aromatic rings. The number of hydrogen-bond acceptors (Lipinski definition) is 2. The van der Waals surface area contributed by atoms with Crippen molar-refractivity contribution < 1.29 is 9.53 Å². The summed E-state index contributed by atoms with van der Waals surface area (Å²) in [5, 5.41) is 0. The highest BCUT2D eigenvalue weighted by molar-refractivity contribution is 5.85. The third-order valence-electron chi connectivity index (χ3n) is 1.98. The van der Waals surface area contributed by atoms with Gasteiger partial charge in [0.05, 0.1) is 6.42 Å². The maximum absolute atomic E-state index is 11.2. The largest absolute Gasteiger partial charge is 0.370 e. The number of carbonyl (C=O) groups is 1. The maximum Gasteiger partial charge on any atom is 0.173 e. The smallest absolute Gasteiger partial charge is 0.173 e. The van der Waals surface area contributed by atoms with E-state index in [2.05, 4.69) is 5.92 Å². The number of hydrogen-bond donors (Lipinski definition) is 0. The van der Waals surface area contributed by atoms with E-state index in [0.29, 0.717) is 12.5 Å². The summed E-state index contributed by atoms with van der Waals surface area (Å²) in [5.41, 5.74) is 0. The van der Waals surface area contributed by atoms with Crippen LogP contribution in [-0.2, 0) is 9.53 Å². The lowest BCUT2D eigenvalue weighted by Gasteiger charge is -2.10. The maximum atomic E-state index is 11.2. The second-order valence-electron chi connectivity index (χ2n) is 2.90. The molecule has 1 rings (SSSR count). The van der Waals surface area contributed by atoms with E-state index in [1.807, 2.05) is 6.92 Å². The van der Waals surface area contributed by atoms with E-state index in [1.165, 1.54) is 0 Å². The number of carbonyl (C=O) groups excluding carboxylic acids is 1. The quantitative estimate of drug-likeness (QED) is 0.552.